The summed E-state index contributed by atoms with van der Waals surface area (Å²) in [5, 5.41) is 7.05. The van der Waals surface area contributed by atoms with Crippen LogP contribution in [0.3, 0.4) is 0 Å². The first-order chi connectivity index (χ1) is 10.1. The van der Waals surface area contributed by atoms with Crippen molar-refractivity contribution in [2.45, 2.75) is 19.9 Å². The van der Waals surface area contributed by atoms with Gasteiger partial charge in [-0.15, -0.1) is 0 Å². The summed E-state index contributed by atoms with van der Waals surface area (Å²) in [6, 6.07) is 7.65. The van der Waals surface area contributed by atoms with E-state index in [0.29, 0.717) is 11.1 Å². The summed E-state index contributed by atoms with van der Waals surface area (Å²) in [6.45, 7) is 4.21. The van der Waals surface area contributed by atoms with Gasteiger partial charge in [0.25, 0.3) is 5.91 Å². The maximum Gasteiger partial charge on any atom is 0.253 e. The summed E-state index contributed by atoms with van der Waals surface area (Å²) in [5.41, 5.74) is 8.85. The van der Waals surface area contributed by atoms with Crippen molar-refractivity contribution < 1.29 is 4.79 Å². The molecule has 0 saturated carbocycles. The third-order valence-corrected chi connectivity index (χ3v) is 3.84. The van der Waals surface area contributed by atoms with E-state index >= 15 is 0 Å². The van der Waals surface area contributed by atoms with Crippen LogP contribution in [0.4, 0.5) is 0 Å². The molecule has 3 N–H and O–H groups in total. The molecule has 0 saturated heterocycles. The van der Waals surface area contributed by atoms with Gasteiger partial charge in [0.05, 0.1) is 18.2 Å². The van der Waals surface area contributed by atoms with Crippen LogP contribution in [-0.4, -0.2) is 12.5 Å². The first kappa shape index (κ1) is 15.3. The molecule has 0 bridgehead atoms. The lowest BCUT2D eigenvalue weighted by molar-refractivity contribution is 0.0939. The number of benzene rings is 1. The molecule has 4 heteroatoms. The van der Waals surface area contributed by atoms with Gasteiger partial charge in [-0.2, -0.15) is 11.3 Å². The van der Waals surface area contributed by atoms with Gasteiger partial charge >= 0.3 is 0 Å². The Labute approximate surface area is 129 Å². The van der Waals surface area contributed by atoms with E-state index in [2.05, 4.69) is 17.2 Å². The normalized spacial score (nSPS) is 11.4. The third kappa shape index (κ3) is 3.94. The van der Waals surface area contributed by atoms with Gasteiger partial charge in [0.2, 0.25) is 0 Å². The molecule has 108 valence electrons. The van der Waals surface area contributed by atoms with Crippen molar-refractivity contribution >= 4 is 17.2 Å². The predicted molar refractivity (Wildman–Crippen MR) is 87.3 cm³/mol. The van der Waals surface area contributed by atoms with Gasteiger partial charge in [-0.1, -0.05) is 23.5 Å². The highest BCUT2D eigenvalue weighted by atomic mass is 32.1. The molecule has 1 aromatic carbocycles. The van der Waals surface area contributed by atoms with Crippen LogP contribution in [-0.2, 0) is 0 Å². The van der Waals surface area contributed by atoms with Crippen LogP contribution in [0.15, 0.2) is 35.0 Å². The van der Waals surface area contributed by atoms with Gasteiger partial charge in [0.1, 0.15) is 0 Å². The Morgan fingerprint density at radius 3 is 2.90 bits per heavy atom. The smallest absolute Gasteiger partial charge is 0.253 e. The molecular weight excluding hydrogens is 280 g/mol. The minimum Gasteiger partial charge on any atom is -0.345 e. The maximum atomic E-state index is 12.5. The first-order valence-electron chi connectivity index (χ1n) is 6.74. The van der Waals surface area contributed by atoms with E-state index in [1.165, 1.54) is 0 Å². The highest BCUT2D eigenvalue weighted by molar-refractivity contribution is 7.07. The zero-order chi connectivity index (χ0) is 15.2. The summed E-state index contributed by atoms with van der Waals surface area (Å²) in [4.78, 5) is 12.5. The summed E-state index contributed by atoms with van der Waals surface area (Å²) in [5.74, 6) is 5.64. The molecule has 1 unspecified atom stereocenters. The van der Waals surface area contributed by atoms with E-state index < -0.39 is 0 Å². The van der Waals surface area contributed by atoms with Gasteiger partial charge in [-0.25, -0.2) is 0 Å². The van der Waals surface area contributed by atoms with Crippen molar-refractivity contribution in [1.82, 2.24) is 5.32 Å². The Hall–Kier alpha value is -2.09. The SMILES string of the molecule is Cc1ccc(C#CCN)c(C(=O)NC(C)c2ccsc2)c1. The van der Waals surface area contributed by atoms with E-state index in [0.717, 1.165) is 11.1 Å². The van der Waals surface area contributed by atoms with Crippen molar-refractivity contribution in [2.75, 3.05) is 6.54 Å². The van der Waals surface area contributed by atoms with E-state index in [1.54, 1.807) is 11.3 Å². The number of aryl methyl sites for hydroxylation is 1. The molecule has 1 amide bonds. The fraction of sp³-hybridized carbons (Fsp3) is 0.235. The van der Waals surface area contributed by atoms with Crippen LogP contribution < -0.4 is 11.1 Å². The van der Waals surface area contributed by atoms with Crippen molar-refractivity contribution in [3.05, 3.63) is 57.3 Å². The first-order valence-corrected chi connectivity index (χ1v) is 7.68. The average Bonchev–Trinajstić information content (AvgIpc) is 3.00. The second kappa shape index (κ2) is 7.07. The van der Waals surface area contributed by atoms with Crippen LogP contribution in [0, 0.1) is 18.8 Å². The van der Waals surface area contributed by atoms with Crippen LogP contribution in [0.2, 0.25) is 0 Å². The van der Waals surface area contributed by atoms with E-state index in [1.807, 2.05) is 48.9 Å². The molecule has 1 atom stereocenters. The monoisotopic (exact) mass is 298 g/mol. The lowest BCUT2D eigenvalue weighted by Gasteiger charge is -2.14. The van der Waals surface area contributed by atoms with Gasteiger partial charge in [-0.3, -0.25) is 4.79 Å². The number of hydrogen-bond acceptors (Lipinski definition) is 3. The topological polar surface area (TPSA) is 55.1 Å². The van der Waals surface area contributed by atoms with Crippen molar-refractivity contribution in [3.63, 3.8) is 0 Å². The number of nitrogens with one attached hydrogen (secondary N) is 1. The lowest BCUT2D eigenvalue weighted by atomic mass is 10.0. The summed E-state index contributed by atoms with van der Waals surface area (Å²) in [6.07, 6.45) is 0. The molecule has 21 heavy (non-hydrogen) atoms. The summed E-state index contributed by atoms with van der Waals surface area (Å²) >= 11 is 1.62. The largest absolute Gasteiger partial charge is 0.345 e. The number of thiophene rings is 1. The fourth-order valence-electron chi connectivity index (χ4n) is 1.98. The minimum atomic E-state index is -0.112. The quantitative estimate of drug-likeness (QED) is 0.856. The molecule has 1 heterocycles. The van der Waals surface area contributed by atoms with Crippen LogP contribution in [0.25, 0.3) is 0 Å². The fourth-order valence-corrected chi connectivity index (χ4v) is 2.73. The summed E-state index contributed by atoms with van der Waals surface area (Å²) in [7, 11) is 0. The Balaban J connectivity index is 2.24. The molecule has 0 aliphatic rings. The standard InChI is InChI=1S/C17H18N2OS/c1-12-5-6-14(4-3-8-18)16(10-12)17(20)19-13(2)15-7-9-21-11-15/h5-7,9-11,13H,8,18H2,1-2H3,(H,19,20). The predicted octanol–water partition coefficient (Wildman–Crippen LogP) is 2.86. The number of rotatable bonds is 3. The van der Waals surface area contributed by atoms with Crippen molar-refractivity contribution in [3.8, 4) is 11.8 Å². The molecule has 0 spiro atoms. The van der Waals surface area contributed by atoms with Gasteiger partial charge in [-0.05, 0) is 48.4 Å². The highest BCUT2D eigenvalue weighted by Gasteiger charge is 2.14. The Morgan fingerprint density at radius 1 is 1.43 bits per heavy atom. The zero-order valence-electron chi connectivity index (χ0n) is 12.1. The average molecular weight is 298 g/mol. The molecular formula is C17H18N2OS. The molecule has 0 aliphatic heterocycles. The number of nitrogens with two attached hydrogens (primary N) is 1. The lowest BCUT2D eigenvalue weighted by Crippen LogP contribution is -2.27. The second-order valence-electron chi connectivity index (χ2n) is 4.81. The summed E-state index contributed by atoms with van der Waals surface area (Å²) < 4.78 is 0. The number of carbonyl (C=O) groups is 1. The zero-order valence-corrected chi connectivity index (χ0v) is 13.0. The highest BCUT2D eigenvalue weighted by Crippen LogP contribution is 2.17. The molecule has 3 nitrogen and oxygen atoms in total. The Morgan fingerprint density at radius 2 is 2.24 bits per heavy atom. The van der Waals surface area contributed by atoms with Gasteiger partial charge in [0, 0.05) is 5.56 Å². The molecule has 0 fully saturated rings. The van der Waals surface area contributed by atoms with Crippen LogP contribution >= 0.6 is 11.3 Å². The maximum absolute atomic E-state index is 12.5. The van der Waals surface area contributed by atoms with E-state index in [-0.39, 0.29) is 18.5 Å². The second-order valence-corrected chi connectivity index (χ2v) is 5.59. The van der Waals surface area contributed by atoms with Crippen LogP contribution in [0.5, 0.6) is 0 Å². The molecule has 2 rings (SSSR count). The number of carbonyl (C=O) groups excluding carboxylic acids is 1. The molecule has 0 radical (unpaired) electrons. The van der Waals surface area contributed by atoms with E-state index in [9.17, 15) is 4.79 Å². The van der Waals surface area contributed by atoms with Crippen LogP contribution in [0.1, 0.15) is 40.0 Å². The van der Waals surface area contributed by atoms with Gasteiger partial charge < -0.3 is 11.1 Å². The Bertz CT molecular complexity index is 681. The third-order valence-electron chi connectivity index (χ3n) is 3.14. The minimum absolute atomic E-state index is 0.0282. The van der Waals surface area contributed by atoms with Crippen molar-refractivity contribution in [2.24, 2.45) is 5.73 Å². The number of hydrogen-bond donors (Lipinski definition) is 2. The Kier molecular flexibility index (Phi) is 5.15. The molecule has 0 aliphatic carbocycles. The molecule has 2 aromatic rings. The molecule has 1 aromatic heterocycles. The van der Waals surface area contributed by atoms with E-state index in [4.69, 9.17) is 5.73 Å². The number of amides is 1. The van der Waals surface area contributed by atoms with Gasteiger partial charge in [0.15, 0.2) is 0 Å². The van der Waals surface area contributed by atoms with Crippen molar-refractivity contribution in [1.29, 1.82) is 0 Å².